The van der Waals surface area contributed by atoms with Crippen molar-refractivity contribution in [3.8, 4) is 18.1 Å². The monoisotopic (exact) mass is 280 g/mol. The predicted molar refractivity (Wildman–Crippen MR) is 83.1 cm³/mol. The topological polar surface area (TPSA) is 64.3 Å². The average Bonchev–Trinajstić information content (AvgIpc) is 2.52. The van der Waals surface area contributed by atoms with E-state index in [2.05, 4.69) is 11.2 Å². The van der Waals surface area contributed by atoms with Crippen LogP contribution in [0.3, 0.4) is 0 Å². The van der Waals surface area contributed by atoms with E-state index in [1.807, 2.05) is 36.4 Å². The SMILES string of the molecule is C#CCOc1ccccc1CNc1ccc(C(N)=O)cc1. The van der Waals surface area contributed by atoms with Gasteiger partial charge in [-0.2, -0.15) is 0 Å². The van der Waals surface area contributed by atoms with Crippen molar-refractivity contribution >= 4 is 11.6 Å². The Hall–Kier alpha value is -2.93. The van der Waals surface area contributed by atoms with Crippen LogP contribution in [0, 0.1) is 12.3 Å². The minimum atomic E-state index is -0.436. The van der Waals surface area contributed by atoms with Crippen LogP contribution < -0.4 is 15.8 Å². The van der Waals surface area contributed by atoms with Crippen LogP contribution in [0.1, 0.15) is 15.9 Å². The predicted octanol–water partition coefficient (Wildman–Crippen LogP) is 2.41. The number of ether oxygens (including phenoxy) is 1. The lowest BCUT2D eigenvalue weighted by Gasteiger charge is -2.11. The molecule has 0 bridgehead atoms. The Labute approximate surface area is 123 Å². The molecule has 0 radical (unpaired) electrons. The molecule has 0 heterocycles. The summed E-state index contributed by atoms with van der Waals surface area (Å²) in [6.45, 7) is 0.834. The fourth-order valence-electron chi connectivity index (χ4n) is 1.86. The first-order chi connectivity index (χ1) is 10.2. The summed E-state index contributed by atoms with van der Waals surface area (Å²) in [5, 5.41) is 3.26. The van der Waals surface area contributed by atoms with Crippen molar-refractivity contribution in [2.75, 3.05) is 11.9 Å². The van der Waals surface area contributed by atoms with Crippen LogP contribution in [0.15, 0.2) is 48.5 Å². The standard InChI is InChI=1S/C17H16N2O2/c1-2-11-21-16-6-4-3-5-14(16)12-19-15-9-7-13(8-10-15)17(18)20/h1,3-10,19H,11-12H2,(H2,18,20). The van der Waals surface area contributed by atoms with Crippen LogP contribution in [0.25, 0.3) is 0 Å². The van der Waals surface area contributed by atoms with E-state index in [4.69, 9.17) is 16.9 Å². The molecular formula is C17H16N2O2. The fraction of sp³-hybridized carbons (Fsp3) is 0.118. The summed E-state index contributed by atoms with van der Waals surface area (Å²) in [7, 11) is 0. The van der Waals surface area contributed by atoms with E-state index < -0.39 is 5.91 Å². The molecule has 0 aromatic heterocycles. The van der Waals surface area contributed by atoms with Crippen molar-refractivity contribution in [2.45, 2.75) is 6.54 Å². The Morgan fingerprint density at radius 1 is 1.19 bits per heavy atom. The third-order valence-corrected chi connectivity index (χ3v) is 2.94. The highest BCUT2D eigenvalue weighted by Gasteiger charge is 2.03. The van der Waals surface area contributed by atoms with Crippen molar-refractivity contribution in [1.29, 1.82) is 0 Å². The third-order valence-electron chi connectivity index (χ3n) is 2.94. The Kier molecular flexibility index (Phi) is 4.84. The molecule has 0 fully saturated rings. The van der Waals surface area contributed by atoms with Gasteiger partial charge in [0.05, 0.1) is 0 Å². The largest absolute Gasteiger partial charge is 0.481 e. The van der Waals surface area contributed by atoms with Gasteiger partial charge in [0, 0.05) is 23.4 Å². The lowest BCUT2D eigenvalue weighted by Crippen LogP contribution is -2.10. The van der Waals surface area contributed by atoms with Gasteiger partial charge in [0.15, 0.2) is 0 Å². The molecule has 0 aliphatic heterocycles. The summed E-state index contributed by atoms with van der Waals surface area (Å²) < 4.78 is 5.49. The zero-order valence-electron chi connectivity index (χ0n) is 11.5. The van der Waals surface area contributed by atoms with Crippen molar-refractivity contribution in [3.63, 3.8) is 0 Å². The molecule has 0 atom stereocenters. The summed E-state index contributed by atoms with van der Waals surface area (Å²) in [5.74, 6) is 2.77. The van der Waals surface area contributed by atoms with Gasteiger partial charge in [0.2, 0.25) is 5.91 Å². The summed E-state index contributed by atoms with van der Waals surface area (Å²) in [4.78, 5) is 11.0. The molecule has 21 heavy (non-hydrogen) atoms. The number of rotatable bonds is 6. The summed E-state index contributed by atoms with van der Waals surface area (Å²) in [6.07, 6.45) is 5.20. The fourth-order valence-corrected chi connectivity index (χ4v) is 1.86. The Morgan fingerprint density at radius 2 is 1.90 bits per heavy atom. The van der Waals surface area contributed by atoms with E-state index >= 15 is 0 Å². The number of carbonyl (C=O) groups is 1. The maximum Gasteiger partial charge on any atom is 0.248 e. The summed E-state index contributed by atoms with van der Waals surface area (Å²) in [6, 6.07) is 14.7. The number of terminal acetylenes is 1. The molecule has 1 amide bonds. The highest BCUT2D eigenvalue weighted by atomic mass is 16.5. The number of amides is 1. The lowest BCUT2D eigenvalue weighted by atomic mass is 10.1. The average molecular weight is 280 g/mol. The molecule has 0 aliphatic carbocycles. The second-order valence-corrected chi connectivity index (χ2v) is 4.40. The highest BCUT2D eigenvalue weighted by Crippen LogP contribution is 2.19. The Morgan fingerprint density at radius 3 is 2.57 bits per heavy atom. The van der Waals surface area contributed by atoms with Gasteiger partial charge in [-0.15, -0.1) is 6.42 Å². The normalized spacial score (nSPS) is 9.67. The van der Waals surface area contributed by atoms with E-state index in [1.54, 1.807) is 12.1 Å². The maximum absolute atomic E-state index is 11.0. The summed E-state index contributed by atoms with van der Waals surface area (Å²) in [5.41, 5.74) is 7.59. The van der Waals surface area contributed by atoms with Crippen LogP contribution in [0.4, 0.5) is 5.69 Å². The maximum atomic E-state index is 11.0. The van der Waals surface area contributed by atoms with Crippen LogP contribution in [-0.4, -0.2) is 12.5 Å². The molecule has 2 aromatic rings. The minimum Gasteiger partial charge on any atom is -0.481 e. The van der Waals surface area contributed by atoms with Crippen LogP contribution in [0.5, 0.6) is 5.75 Å². The molecule has 4 nitrogen and oxygen atoms in total. The smallest absolute Gasteiger partial charge is 0.248 e. The van der Waals surface area contributed by atoms with Crippen molar-refractivity contribution in [2.24, 2.45) is 5.73 Å². The van der Waals surface area contributed by atoms with E-state index in [1.165, 1.54) is 0 Å². The van der Waals surface area contributed by atoms with Gasteiger partial charge in [0.25, 0.3) is 0 Å². The van der Waals surface area contributed by atoms with Gasteiger partial charge in [-0.3, -0.25) is 4.79 Å². The van der Waals surface area contributed by atoms with E-state index in [0.29, 0.717) is 12.1 Å². The zero-order valence-corrected chi connectivity index (χ0v) is 11.5. The molecule has 0 saturated carbocycles. The molecule has 2 aromatic carbocycles. The Bertz CT molecular complexity index is 657. The molecular weight excluding hydrogens is 264 g/mol. The number of hydrogen-bond donors (Lipinski definition) is 2. The van der Waals surface area contributed by atoms with Gasteiger partial charge in [0.1, 0.15) is 12.4 Å². The number of hydrogen-bond acceptors (Lipinski definition) is 3. The third kappa shape index (κ3) is 4.02. The van der Waals surface area contributed by atoms with Crippen molar-refractivity contribution in [3.05, 3.63) is 59.7 Å². The van der Waals surface area contributed by atoms with E-state index in [-0.39, 0.29) is 6.61 Å². The lowest BCUT2D eigenvalue weighted by molar-refractivity contribution is 0.100. The van der Waals surface area contributed by atoms with Crippen LogP contribution in [-0.2, 0) is 6.54 Å². The highest BCUT2D eigenvalue weighted by molar-refractivity contribution is 5.93. The number of nitrogens with one attached hydrogen (secondary N) is 1. The number of benzene rings is 2. The Balaban J connectivity index is 2.02. The number of anilines is 1. The van der Waals surface area contributed by atoms with Gasteiger partial charge in [-0.05, 0) is 30.3 Å². The van der Waals surface area contributed by atoms with Gasteiger partial charge in [-0.25, -0.2) is 0 Å². The van der Waals surface area contributed by atoms with E-state index in [0.717, 1.165) is 17.0 Å². The number of carbonyl (C=O) groups excluding carboxylic acids is 1. The number of nitrogens with two attached hydrogens (primary N) is 1. The first-order valence-corrected chi connectivity index (χ1v) is 6.48. The molecule has 106 valence electrons. The number of primary amides is 1. The molecule has 0 saturated heterocycles. The van der Waals surface area contributed by atoms with Crippen LogP contribution >= 0.6 is 0 Å². The number of para-hydroxylation sites is 1. The van der Waals surface area contributed by atoms with Gasteiger partial charge >= 0.3 is 0 Å². The second-order valence-electron chi connectivity index (χ2n) is 4.40. The first kappa shape index (κ1) is 14.5. The molecule has 2 rings (SSSR count). The summed E-state index contributed by atoms with van der Waals surface area (Å²) >= 11 is 0. The van der Waals surface area contributed by atoms with Crippen molar-refractivity contribution < 1.29 is 9.53 Å². The quantitative estimate of drug-likeness (QED) is 0.799. The van der Waals surface area contributed by atoms with Gasteiger partial charge < -0.3 is 15.8 Å². The molecule has 0 aliphatic rings. The second kappa shape index (κ2) is 7.01. The molecule has 0 spiro atoms. The molecule has 0 unspecified atom stereocenters. The molecule has 3 N–H and O–H groups in total. The minimum absolute atomic E-state index is 0.240. The first-order valence-electron chi connectivity index (χ1n) is 6.48. The zero-order chi connectivity index (χ0) is 15.1. The van der Waals surface area contributed by atoms with E-state index in [9.17, 15) is 4.79 Å². The van der Waals surface area contributed by atoms with Crippen LogP contribution in [0.2, 0.25) is 0 Å². The van der Waals surface area contributed by atoms with Gasteiger partial charge in [-0.1, -0.05) is 24.1 Å². The molecule has 4 heteroatoms. The van der Waals surface area contributed by atoms with Crippen molar-refractivity contribution in [1.82, 2.24) is 0 Å².